The van der Waals surface area contributed by atoms with Gasteiger partial charge in [-0.1, -0.05) is 18.6 Å². The van der Waals surface area contributed by atoms with E-state index in [0.29, 0.717) is 5.92 Å². The minimum absolute atomic E-state index is 0.0671. The second-order valence-electron chi connectivity index (χ2n) is 3.83. The third-order valence-corrected chi connectivity index (χ3v) is 3.51. The Morgan fingerprint density at radius 2 is 2.30 bits per heavy atom. The van der Waals surface area contributed by atoms with E-state index in [1.165, 1.54) is 12.0 Å². The van der Waals surface area contributed by atoms with Crippen LogP contribution >= 0.6 is 0 Å². The molecule has 3 unspecified atom stereocenters. The van der Waals surface area contributed by atoms with Crippen molar-refractivity contribution in [3.8, 4) is 0 Å². The zero-order valence-corrected chi connectivity index (χ0v) is 6.59. The largest absolute Gasteiger partial charge is 0.392 e. The highest BCUT2D eigenvalue weighted by Gasteiger charge is 2.51. The first-order valence-corrected chi connectivity index (χ1v) is 4.02. The van der Waals surface area contributed by atoms with E-state index in [0.717, 1.165) is 6.42 Å². The fourth-order valence-electron chi connectivity index (χ4n) is 2.38. The van der Waals surface area contributed by atoms with E-state index in [-0.39, 0.29) is 11.5 Å². The molecule has 2 rings (SSSR count). The monoisotopic (exact) mass is 138 g/mol. The molecule has 10 heavy (non-hydrogen) atoms. The fraction of sp³-hybridized carbons (Fsp3) is 0.778. The van der Waals surface area contributed by atoms with Gasteiger partial charge in [-0.25, -0.2) is 0 Å². The van der Waals surface area contributed by atoms with Gasteiger partial charge in [0.15, 0.2) is 0 Å². The molecule has 0 spiro atoms. The molecular weight excluding hydrogens is 124 g/mol. The summed E-state index contributed by atoms with van der Waals surface area (Å²) in [5, 5.41) is 9.61. The maximum absolute atomic E-state index is 9.61. The van der Waals surface area contributed by atoms with Gasteiger partial charge in [0.1, 0.15) is 0 Å². The maximum Gasteiger partial charge on any atom is 0.0636 e. The van der Waals surface area contributed by atoms with Crippen LogP contribution in [0.25, 0.3) is 0 Å². The molecule has 1 N–H and O–H groups in total. The number of rotatable bonds is 0. The summed E-state index contributed by atoms with van der Waals surface area (Å²) < 4.78 is 0. The molecule has 1 heteroatoms. The highest BCUT2D eigenvalue weighted by molar-refractivity contribution is 5.31. The zero-order valence-electron chi connectivity index (χ0n) is 6.59. The lowest BCUT2D eigenvalue weighted by Gasteiger charge is -2.42. The minimum atomic E-state index is -0.0671. The topological polar surface area (TPSA) is 20.2 Å². The molecule has 0 radical (unpaired) electrons. The first-order valence-electron chi connectivity index (χ1n) is 4.02. The van der Waals surface area contributed by atoms with Crippen molar-refractivity contribution in [1.82, 2.24) is 0 Å². The Hall–Kier alpha value is -0.300. The molecular formula is C9H14O. The highest BCUT2D eigenvalue weighted by Crippen LogP contribution is 2.56. The molecule has 0 bridgehead atoms. The summed E-state index contributed by atoms with van der Waals surface area (Å²) in [5.41, 5.74) is 1.56. The van der Waals surface area contributed by atoms with Gasteiger partial charge in [-0.05, 0) is 25.7 Å². The van der Waals surface area contributed by atoms with Crippen LogP contribution < -0.4 is 0 Å². The number of hydrogen-bond acceptors (Lipinski definition) is 1. The highest BCUT2D eigenvalue weighted by atomic mass is 16.3. The predicted molar refractivity (Wildman–Crippen MR) is 40.6 cm³/mol. The first-order chi connectivity index (χ1) is 4.65. The quantitative estimate of drug-likeness (QED) is 0.505. The van der Waals surface area contributed by atoms with E-state index in [2.05, 4.69) is 19.9 Å². The van der Waals surface area contributed by atoms with Gasteiger partial charge in [0.25, 0.3) is 0 Å². The molecule has 0 aromatic heterocycles. The number of fused-ring (bicyclic) bond motifs is 1. The normalized spacial score (nSPS) is 51.7. The second kappa shape index (κ2) is 1.65. The van der Waals surface area contributed by atoms with Gasteiger partial charge in [-0.2, -0.15) is 0 Å². The van der Waals surface area contributed by atoms with Crippen LogP contribution in [0.5, 0.6) is 0 Å². The van der Waals surface area contributed by atoms with E-state index in [4.69, 9.17) is 0 Å². The Morgan fingerprint density at radius 3 is 2.70 bits per heavy atom. The average molecular weight is 138 g/mol. The molecule has 0 aliphatic heterocycles. The van der Waals surface area contributed by atoms with Crippen LogP contribution in [0.2, 0.25) is 0 Å². The summed E-state index contributed by atoms with van der Waals surface area (Å²) in [7, 11) is 0. The van der Waals surface area contributed by atoms with Gasteiger partial charge in [0.2, 0.25) is 0 Å². The second-order valence-corrected chi connectivity index (χ2v) is 3.83. The van der Waals surface area contributed by atoms with Gasteiger partial charge in [-0.15, -0.1) is 0 Å². The fourth-order valence-corrected chi connectivity index (χ4v) is 2.38. The standard InChI is InChI=1S/C9H14O/c1-6-5-7-3-4-8(10)9(6,7)2/h5,7-8,10H,3-4H2,1-2H3. The van der Waals surface area contributed by atoms with Gasteiger partial charge in [-0.3, -0.25) is 0 Å². The molecule has 0 saturated heterocycles. The summed E-state index contributed by atoms with van der Waals surface area (Å²) in [5.74, 6) is 0.683. The Balaban J connectivity index is 2.33. The summed E-state index contributed by atoms with van der Waals surface area (Å²) in [4.78, 5) is 0. The number of allylic oxidation sites excluding steroid dienone is 1. The van der Waals surface area contributed by atoms with Crippen LogP contribution in [0, 0.1) is 11.3 Å². The van der Waals surface area contributed by atoms with Crippen LogP contribution in [0.15, 0.2) is 11.6 Å². The van der Waals surface area contributed by atoms with Crippen molar-refractivity contribution in [2.24, 2.45) is 11.3 Å². The lowest BCUT2D eigenvalue weighted by atomic mass is 9.64. The Kier molecular flexibility index (Phi) is 1.06. The molecule has 1 nitrogen and oxygen atoms in total. The van der Waals surface area contributed by atoms with E-state index >= 15 is 0 Å². The van der Waals surface area contributed by atoms with Crippen molar-refractivity contribution >= 4 is 0 Å². The third-order valence-electron chi connectivity index (χ3n) is 3.51. The lowest BCUT2D eigenvalue weighted by molar-refractivity contribution is 0.0630. The van der Waals surface area contributed by atoms with Crippen molar-refractivity contribution in [1.29, 1.82) is 0 Å². The summed E-state index contributed by atoms with van der Waals surface area (Å²) in [6, 6.07) is 0. The van der Waals surface area contributed by atoms with Gasteiger partial charge >= 0.3 is 0 Å². The molecule has 0 heterocycles. The van der Waals surface area contributed by atoms with Crippen LogP contribution in [-0.4, -0.2) is 11.2 Å². The molecule has 3 atom stereocenters. The van der Waals surface area contributed by atoms with Crippen molar-refractivity contribution in [3.05, 3.63) is 11.6 Å². The van der Waals surface area contributed by atoms with Gasteiger partial charge < -0.3 is 5.11 Å². The van der Waals surface area contributed by atoms with Crippen LogP contribution in [0.4, 0.5) is 0 Å². The first kappa shape index (κ1) is 6.41. The molecule has 1 saturated carbocycles. The Morgan fingerprint density at radius 1 is 1.60 bits per heavy atom. The van der Waals surface area contributed by atoms with Crippen molar-refractivity contribution < 1.29 is 5.11 Å². The van der Waals surface area contributed by atoms with Crippen LogP contribution in [0.1, 0.15) is 26.7 Å². The smallest absolute Gasteiger partial charge is 0.0636 e. The van der Waals surface area contributed by atoms with E-state index in [9.17, 15) is 5.11 Å². The molecule has 2 aliphatic rings. The Labute approximate surface area is 61.8 Å². The Bertz CT molecular complexity index is 195. The number of aliphatic hydroxyl groups excluding tert-OH is 1. The number of aliphatic hydroxyl groups is 1. The number of hydrogen-bond donors (Lipinski definition) is 1. The third kappa shape index (κ3) is 0.485. The summed E-state index contributed by atoms with van der Waals surface area (Å²) >= 11 is 0. The van der Waals surface area contributed by atoms with E-state index in [1.807, 2.05) is 0 Å². The SMILES string of the molecule is CC1=CC2CCC(O)C12C. The molecule has 56 valence electrons. The minimum Gasteiger partial charge on any atom is -0.392 e. The van der Waals surface area contributed by atoms with Crippen molar-refractivity contribution in [2.45, 2.75) is 32.8 Å². The van der Waals surface area contributed by atoms with Crippen LogP contribution in [0.3, 0.4) is 0 Å². The summed E-state index contributed by atoms with van der Waals surface area (Å²) in [6.07, 6.45) is 4.42. The molecule has 0 aromatic rings. The average Bonchev–Trinajstić information content (AvgIpc) is 2.13. The molecule has 0 aromatic carbocycles. The molecule has 0 amide bonds. The molecule has 1 fully saturated rings. The predicted octanol–water partition coefficient (Wildman–Crippen LogP) is 1.72. The zero-order chi connectivity index (χ0) is 7.35. The maximum atomic E-state index is 9.61. The van der Waals surface area contributed by atoms with E-state index in [1.54, 1.807) is 0 Å². The molecule has 2 aliphatic carbocycles. The van der Waals surface area contributed by atoms with E-state index < -0.39 is 0 Å². The summed E-state index contributed by atoms with van der Waals surface area (Å²) in [6.45, 7) is 4.32. The van der Waals surface area contributed by atoms with Crippen molar-refractivity contribution in [2.75, 3.05) is 0 Å². The van der Waals surface area contributed by atoms with Gasteiger partial charge in [0.05, 0.1) is 6.10 Å². The lowest BCUT2D eigenvalue weighted by Crippen LogP contribution is -2.39. The van der Waals surface area contributed by atoms with Crippen molar-refractivity contribution in [3.63, 3.8) is 0 Å². The van der Waals surface area contributed by atoms with Gasteiger partial charge in [0, 0.05) is 5.41 Å². The van der Waals surface area contributed by atoms with Crippen LogP contribution in [-0.2, 0) is 0 Å².